The van der Waals surface area contributed by atoms with Crippen molar-refractivity contribution in [1.82, 2.24) is 14.5 Å². The summed E-state index contributed by atoms with van der Waals surface area (Å²) in [4.78, 5) is 22.5. The molecule has 0 unspecified atom stereocenters. The molecule has 0 radical (unpaired) electrons. The van der Waals surface area contributed by atoms with Crippen molar-refractivity contribution in [3.8, 4) is 11.4 Å². The summed E-state index contributed by atoms with van der Waals surface area (Å²) in [6, 6.07) is 3.40. The monoisotopic (exact) mass is 340 g/mol. The Morgan fingerprint density at radius 3 is 2.56 bits per heavy atom. The Morgan fingerprint density at radius 1 is 1.28 bits per heavy atom. The predicted molar refractivity (Wildman–Crippen MR) is 97.3 cm³/mol. The zero-order valence-electron chi connectivity index (χ0n) is 14.5. The van der Waals surface area contributed by atoms with Crippen LogP contribution in [0, 0.1) is 13.8 Å². The fraction of sp³-hybridized carbons (Fsp3) is 0.235. The quantitative estimate of drug-likeness (QED) is 0.664. The number of hydrogen-bond acceptors (Lipinski definition) is 6. The number of amides is 1. The first kappa shape index (κ1) is 16.6. The highest BCUT2D eigenvalue weighted by atomic mass is 16.3. The highest BCUT2D eigenvalue weighted by Gasteiger charge is 2.24. The van der Waals surface area contributed by atoms with Crippen LogP contribution in [0.1, 0.15) is 21.5 Å². The Morgan fingerprint density at radius 2 is 1.96 bits per heavy atom. The van der Waals surface area contributed by atoms with Crippen LogP contribution in [0.15, 0.2) is 18.3 Å². The molecule has 2 aromatic heterocycles. The minimum absolute atomic E-state index is 0.129. The number of carbonyl (C=O) groups is 1. The number of fused-ring (bicyclic) bond motifs is 1. The molecule has 1 aromatic carbocycles. The molecule has 1 amide bonds. The minimum atomic E-state index is -0.655. The summed E-state index contributed by atoms with van der Waals surface area (Å²) in [5.41, 5.74) is 14.6. The average molecular weight is 340 g/mol. The summed E-state index contributed by atoms with van der Waals surface area (Å²) in [6.07, 6.45) is 1.54. The summed E-state index contributed by atoms with van der Waals surface area (Å²) < 4.78 is 1.65. The number of nitrogens with zero attached hydrogens (tertiary/aromatic N) is 4. The number of anilines is 2. The molecular formula is C17H20N6O2. The number of phenols is 1. The highest BCUT2D eigenvalue weighted by molar-refractivity contribution is 6.10. The molecule has 0 aliphatic rings. The first-order valence-electron chi connectivity index (χ1n) is 7.67. The van der Waals surface area contributed by atoms with Crippen molar-refractivity contribution in [3.05, 3.63) is 35.0 Å². The number of primary amides is 1. The number of aryl methyl sites for hydroxylation is 1. The summed E-state index contributed by atoms with van der Waals surface area (Å²) in [5.74, 6) is 0.115. The second-order valence-electron chi connectivity index (χ2n) is 6.14. The number of nitrogen functional groups attached to an aromatic ring is 1. The third kappa shape index (κ3) is 2.42. The van der Waals surface area contributed by atoms with Gasteiger partial charge in [-0.2, -0.15) is 4.98 Å². The van der Waals surface area contributed by atoms with Crippen molar-refractivity contribution in [2.45, 2.75) is 13.8 Å². The van der Waals surface area contributed by atoms with Crippen molar-refractivity contribution >= 4 is 28.7 Å². The van der Waals surface area contributed by atoms with Crippen LogP contribution in [-0.4, -0.2) is 39.6 Å². The van der Waals surface area contributed by atoms with Crippen LogP contribution in [-0.2, 0) is 0 Å². The Balaban J connectivity index is 2.50. The molecular weight excluding hydrogens is 320 g/mol. The topological polar surface area (TPSA) is 123 Å². The first-order valence-corrected chi connectivity index (χ1v) is 7.67. The van der Waals surface area contributed by atoms with Crippen LogP contribution in [0.4, 0.5) is 11.8 Å². The van der Waals surface area contributed by atoms with Gasteiger partial charge in [0.1, 0.15) is 11.6 Å². The molecule has 2 heterocycles. The summed E-state index contributed by atoms with van der Waals surface area (Å²) in [7, 11) is 3.63. The van der Waals surface area contributed by atoms with E-state index in [1.165, 1.54) is 6.20 Å². The molecule has 3 aromatic rings. The number of hydrogen-bond donors (Lipinski definition) is 3. The maximum atomic E-state index is 11.9. The standard InChI is InChI=1S/C17H20N6O2/c1-8-5-6-11(24)9(2)13(8)23-14(18)12(15(19)25)10-7-20-17(22(3)4)21-16(10)23/h5-7,24H,18H2,1-4H3,(H2,19,25). The summed E-state index contributed by atoms with van der Waals surface area (Å²) >= 11 is 0. The fourth-order valence-corrected chi connectivity index (χ4v) is 2.94. The van der Waals surface area contributed by atoms with E-state index in [2.05, 4.69) is 9.97 Å². The third-order valence-electron chi connectivity index (χ3n) is 4.21. The van der Waals surface area contributed by atoms with E-state index in [0.29, 0.717) is 28.2 Å². The predicted octanol–water partition coefficient (Wildman–Crippen LogP) is 1.49. The zero-order valence-corrected chi connectivity index (χ0v) is 14.5. The normalized spacial score (nSPS) is 11.0. The zero-order chi connectivity index (χ0) is 18.5. The smallest absolute Gasteiger partial charge is 0.253 e. The highest BCUT2D eigenvalue weighted by Crippen LogP contribution is 2.35. The molecule has 0 fully saturated rings. The molecule has 8 nitrogen and oxygen atoms in total. The molecule has 8 heteroatoms. The van der Waals surface area contributed by atoms with E-state index >= 15 is 0 Å². The lowest BCUT2D eigenvalue weighted by Gasteiger charge is -2.16. The van der Waals surface area contributed by atoms with Gasteiger partial charge in [0.25, 0.3) is 5.91 Å². The minimum Gasteiger partial charge on any atom is -0.508 e. The summed E-state index contributed by atoms with van der Waals surface area (Å²) in [5, 5.41) is 10.6. The maximum absolute atomic E-state index is 11.9. The van der Waals surface area contributed by atoms with E-state index in [4.69, 9.17) is 11.5 Å². The fourth-order valence-electron chi connectivity index (χ4n) is 2.94. The van der Waals surface area contributed by atoms with Crippen LogP contribution >= 0.6 is 0 Å². The molecule has 0 atom stereocenters. The van der Waals surface area contributed by atoms with Gasteiger partial charge >= 0.3 is 0 Å². The SMILES string of the molecule is Cc1ccc(O)c(C)c1-n1c(N)c(C(N)=O)c2cnc(N(C)C)nc21. The van der Waals surface area contributed by atoms with E-state index < -0.39 is 5.91 Å². The van der Waals surface area contributed by atoms with Gasteiger partial charge in [0.15, 0.2) is 5.65 Å². The molecule has 0 bridgehead atoms. The molecule has 25 heavy (non-hydrogen) atoms. The Bertz CT molecular complexity index is 1010. The van der Waals surface area contributed by atoms with Gasteiger partial charge in [0.2, 0.25) is 5.95 Å². The summed E-state index contributed by atoms with van der Waals surface area (Å²) in [6.45, 7) is 3.67. The number of benzene rings is 1. The lowest BCUT2D eigenvalue weighted by atomic mass is 10.1. The first-order chi connectivity index (χ1) is 11.7. The Labute approximate surface area is 144 Å². The van der Waals surface area contributed by atoms with Gasteiger partial charge in [0.05, 0.1) is 16.6 Å². The number of phenolic OH excluding ortho intramolecular Hbond substituents is 1. The van der Waals surface area contributed by atoms with E-state index in [0.717, 1.165) is 5.56 Å². The van der Waals surface area contributed by atoms with Crippen molar-refractivity contribution in [1.29, 1.82) is 0 Å². The van der Waals surface area contributed by atoms with Gasteiger partial charge in [0, 0.05) is 25.9 Å². The Kier molecular flexibility index (Phi) is 3.75. The van der Waals surface area contributed by atoms with Crippen LogP contribution in [0.25, 0.3) is 16.7 Å². The third-order valence-corrected chi connectivity index (χ3v) is 4.21. The molecule has 0 aliphatic heterocycles. The van der Waals surface area contributed by atoms with Gasteiger partial charge in [-0.1, -0.05) is 6.07 Å². The van der Waals surface area contributed by atoms with Crippen molar-refractivity contribution in [3.63, 3.8) is 0 Å². The number of aromatic hydroxyl groups is 1. The van der Waals surface area contributed by atoms with Crippen molar-refractivity contribution in [2.75, 3.05) is 24.7 Å². The van der Waals surface area contributed by atoms with Crippen molar-refractivity contribution in [2.24, 2.45) is 5.73 Å². The van der Waals surface area contributed by atoms with Gasteiger partial charge in [-0.05, 0) is 25.5 Å². The number of rotatable bonds is 3. The molecule has 0 saturated heterocycles. The molecule has 5 N–H and O–H groups in total. The molecule has 0 spiro atoms. The second-order valence-corrected chi connectivity index (χ2v) is 6.14. The molecule has 3 rings (SSSR count). The van der Waals surface area contributed by atoms with E-state index in [9.17, 15) is 9.90 Å². The number of nitrogens with two attached hydrogens (primary N) is 2. The van der Waals surface area contributed by atoms with E-state index in [1.54, 1.807) is 28.5 Å². The molecule has 0 aliphatic carbocycles. The lowest BCUT2D eigenvalue weighted by Crippen LogP contribution is -2.14. The largest absolute Gasteiger partial charge is 0.508 e. The van der Waals surface area contributed by atoms with Crippen LogP contribution in [0.5, 0.6) is 5.75 Å². The van der Waals surface area contributed by atoms with Gasteiger partial charge in [-0.25, -0.2) is 4.98 Å². The second kappa shape index (κ2) is 5.66. The molecule has 130 valence electrons. The van der Waals surface area contributed by atoms with E-state index in [-0.39, 0.29) is 17.1 Å². The van der Waals surface area contributed by atoms with Crippen LogP contribution < -0.4 is 16.4 Å². The van der Waals surface area contributed by atoms with E-state index in [1.807, 2.05) is 21.0 Å². The average Bonchev–Trinajstić information content (AvgIpc) is 2.83. The van der Waals surface area contributed by atoms with Gasteiger partial charge in [-0.15, -0.1) is 0 Å². The van der Waals surface area contributed by atoms with Crippen LogP contribution in [0.3, 0.4) is 0 Å². The van der Waals surface area contributed by atoms with Gasteiger partial charge in [-0.3, -0.25) is 9.36 Å². The van der Waals surface area contributed by atoms with Gasteiger partial charge < -0.3 is 21.5 Å². The molecule has 0 saturated carbocycles. The maximum Gasteiger partial charge on any atom is 0.253 e. The Hall–Kier alpha value is -3.29. The number of aromatic nitrogens is 3. The van der Waals surface area contributed by atoms with Crippen molar-refractivity contribution < 1.29 is 9.90 Å². The van der Waals surface area contributed by atoms with Crippen LogP contribution in [0.2, 0.25) is 0 Å². The number of carbonyl (C=O) groups excluding carboxylic acids is 1. The lowest BCUT2D eigenvalue weighted by molar-refractivity contribution is 0.100.